The summed E-state index contributed by atoms with van der Waals surface area (Å²) in [5.74, 6) is 1.92. The molecule has 2 aromatic rings. The molecule has 5 heteroatoms. The third-order valence-corrected chi connectivity index (χ3v) is 5.55. The van der Waals surface area contributed by atoms with Crippen LogP contribution in [0, 0.1) is 0 Å². The number of rotatable bonds is 8. The van der Waals surface area contributed by atoms with E-state index in [2.05, 4.69) is 5.32 Å². The van der Waals surface area contributed by atoms with Crippen molar-refractivity contribution < 1.29 is 4.79 Å². The summed E-state index contributed by atoms with van der Waals surface area (Å²) in [5, 5.41) is 3.67. The largest absolute Gasteiger partial charge is 0.354 e. The van der Waals surface area contributed by atoms with Crippen molar-refractivity contribution in [3.8, 4) is 0 Å². The summed E-state index contributed by atoms with van der Waals surface area (Å²) in [6.07, 6.45) is 0. The first-order valence-corrected chi connectivity index (χ1v) is 9.88. The second kappa shape index (κ2) is 9.91. The van der Waals surface area contributed by atoms with E-state index < -0.39 is 0 Å². The molecular weight excluding hydrogens is 346 g/mol. The minimum atomic E-state index is -0.0846. The van der Waals surface area contributed by atoms with E-state index in [1.54, 1.807) is 23.5 Å². The maximum Gasteiger partial charge on any atom is 0.233 e. The van der Waals surface area contributed by atoms with E-state index in [0.717, 1.165) is 21.4 Å². The van der Waals surface area contributed by atoms with E-state index in [9.17, 15) is 4.79 Å². The van der Waals surface area contributed by atoms with Crippen LogP contribution in [0.15, 0.2) is 59.5 Å². The van der Waals surface area contributed by atoms with Gasteiger partial charge in [0.15, 0.2) is 0 Å². The molecule has 0 unspecified atom stereocenters. The Bertz CT molecular complexity index is 604. The highest BCUT2D eigenvalue weighted by Crippen LogP contribution is 2.22. The first kappa shape index (κ1) is 18.2. The van der Waals surface area contributed by atoms with Gasteiger partial charge in [-0.25, -0.2) is 0 Å². The van der Waals surface area contributed by atoms with Crippen molar-refractivity contribution in [2.45, 2.75) is 22.8 Å². The predicted molar refractivity (Wildman–Crippen MR) is 102 cm³/mol. The van der Waals surface area contributed by atoms with Crippen LogP contribution in [0.1, 0.15) is 12.5 Å². The van der Waals surface area contributed by atoms with Gasteiger partial charge in [-0.1, -0.05) is 41.9 Å². The lowest BCUT2D eigenvalue weighted by Gasteiger charge is -2.11. The van der Waals surface area contributed by atoms with Crippen molar-refractivity contribution in [3.63, 3.8) is 0 Å². The van der Waals surface area contributed by atoms with Crippen LogP contribution in [-0.2, 0) is 10.5 Å². The average Bonchev–Trinajstić information content (AvgIpc) is 2.57. The highest BCUT2D eigenvalue weighted by Gasteiger charge is 2.13. The molecule has 2 nitrogen and oxygen atoms in total. The highest BCUT2D eigenvalue weighted by atomic mass is 35.5. The Labute approximate surface area is 151 Å². The monoisotopic (exact) mass is 365 g/mol. The highest BCUT2D eigenvalue weighted by molar-refractivity contribution is 8.00. The summed E-state index contributed by atoms with van der Waals surface area (Å²) in [6.45, 7) is 2.63. The van der Waals surface area contributed by atoms with Gasteiger partial charge in [0.2, 0.25) is 5.91 Å². The van der Waals surface area contributed by atoms with Crippen LogP contribution in [0.25, 0.3) is 0 Å². The Kier molecular flexibility index (Phi) is 7.86. The number of amides is 1. The summed E-state index contributed by atoms with van der Waals surface area (Å²) >= 11 is 9.25. The Balaban J connectivity index is 1.61. The summed E-state index contributed by atoms with van der Waals surface area (Å²) in [7, 11) is 0. The molecule has 2 rings (SSSR count). The second-order valence-corrected chi connectivity index (χ2v) is 8.00. The second-order valence-electron chi connectivity index (χ2n) is 5.04. The van der Waals surface area contributed by atoms with Gasteiger partial charge in [-0.3, -0.25) is 4.79 Å². The van der Waals surface area contributed by atoms with Gasteiger partial charge in [0.25, 0.3) is 0 Å². The maximum absolute atomic E-state index is 12.1. The van der Waals surface area contributed by atoms with Crippen LogP contribution < -0.4 is 5.32 Å². The normalized spacial score (nSPS) is 11.9. The van der Waals surface area contributed by atoms with Gasteiger partial charge in [0, 0.05) is 28.0 Å². The number of nitrogens with one attached hydrogen (secondary N) is 1. The molecule has 1 atom stereocenters. The molecule has 0 aromatic heterocycles. The quantitative estimate of drug-likeness (QED) is 0.534. The Hall–Kier alpha value is -1.10. The van der Waals surface area contributed by atoms with E-state index in [0.29, 0.717) is 6.54 Å². The van der Waals surface area contributed by atoms with E-state index in [4.69, 9.17) is 11.6 Å². The Morgan fingerprint density at radius 1 is 1.13 bits per heavy atom. The molecule has 0 radical (unpaired) electrons. The summed E-state index contributed by atoms with van der Waals surface area (Å²) < 4.78 is 0. The molecule has 122 valence electrons. The van der Waals surface area contributed by atoms with E-state index >= 15 is 0 Å². The van der Waals surface area contributed by atoms with Crippen molar-refractivity contribution in [1.29, 1.82) is 0 Å². The molecule has 0 saturated heterocycles. The topological polar surface area (TPSA) is 29.1 Å². The number of carbonyl (C=O) groups excluding carboxylic acids is 1. The number of halogens is 1. The van der Waals surface area contributed by atoms with Crippen molar-refractivity contribution >= 4 is 41.0 Å². The number of thioether (sulfide) groups is 2. The maximum atomic E-state index is 12.1. The molecule has 0 bridgehead atoms. The van der Waals surface area contributed by atoms with Crippen LogP contribution in [0.4, 0.5) is 0 Å². The van der Waals surface area contributed by atoms with Gasteiger partial charge >= 0.3 is 0 Å². The molecule has 2 aromatic carbocycles. The molecule has 0 aliphatic carbocycles. The molecule has 0 aliphatic heterocycles. The van der Waals surface area contributed by atoms with Crippen LogP contribution >= 0.6 is 35.1 Å². The van der Waals surface area contributed by atoms with Crippen molar-refractivity contribution in [2.24, 2.45) is 0 Å². The minimum absolute atomic E-state index is 0.0846. The number of hydrogen-bond donors (Lipinski definition) is 1. The van der Waals surface area contributed by atoms with E-state index in [1.807, 2.05) is 61.5 Å². The molecule has 1 N–H and O–H groups in total. The molecule has 0 fully saturated rings. The van der Waals surface area contributed by atoms with E-state index in [-0.39, 0.29) is 11.2 Å². The summed E-state index contributed by atoms with van der Waals surface area (Å²) in [6, 6.07) is 17.9. The van der Waals surface area contributed by atoms with Gasteiger partial charge in [-0.15, -0.1) is 11.8 Å². The molecule has 0 aliphatic rings. The number of benzene rings is 2. The molecule has 0 saturated carbocycles. The van der Waals surface area contributed by atoms with Crippen LogP contribution in [0.5, 0.6) is 0 Å². The molecule has 23 heavy (non-hydrogen) atoms. The van der Waals surface area contributed by atoms with Crippen LogP contribution in [0.3, 0.4) is 0 Å². The summed E-state index contributed by atoms with van der Waals surface area (Å²) in [4.78, 5) is 13.2. The Morgan fingerprint density at radius 3 is 2.52 bits per heavy atom. The van der Waals surface area contributed by atoms with E-state index in [1.165, 1.54) is 5.56 Å². The molecular formula is C18H20ClNOS2. The SMILES string of the molecule is C[C@@H](Sc1ccccc1)C(=O)NCCSCc1ccc(Cl)cc1. The zero-order valence-corrected chi connectivity index (χ0v) is 15.4. The standard InChI is InChI=1S/C18H20ClNOS2/c1-14(23-17-5-3-2-4-6-17)18(21)20-11-12-22-13-15-7-9-16(19)10-8-15/h2-10,14H,11-13H2,1H3,(H,20,21)/t14-/m1/s1. The smallest absolute Gasteiger partial charge is 0.233 e. The van der Waals surface area contributed by atoms with Gasteiger partial charge in [-0.05, 0) is 36.8 Å². The third-order valence-electron chi connectivity index (χ3n) is 3.15. The zero-order valence-electron chi connectivity index (χ0n) is 13.0. The summed E-state index contributed by atoms with van der Waals surface area (Å²) in [5.41, 5.74) is 1.25. The van der Waals surface area contributed by atoms with Gasteiger partial charge in [0.1, 0.15) is 0 Å². The zero-order chi connectivity index (χ0) is 16.5. The van der Waals surface area contributed by atoms with Crippen molar-refractivity contribution in [3.05, 3.63) is 65.2 Å². The van der Waals surface area contributed by atoms with Crippen molar-refractivity contribution in [1.82, 2.24) is 5.32 Å². The molecule has 0 heterocycles. The fourth-order valence-corrected chi connectivity index (χ4v) is 3.78. The van der Waals surface area contributed by atoms with Crippen LogP contribution in [0.2, 0.25) is 5.02 Å². The number of carbonyl (C=O) groups is 1. The molecule has 1 amide bonds. The van der Waals surface area contributed by atoms with Gasteiger partial charge in [0.05, 0.1) is 5.25 Å². The average molecular weight is 366 g/mol. The van der Waals surface area contributed by atoms with Gasteiger partial charge in [-0.2, -0.15) is 11.8 Å². The lowest BCUT2D eigenvalue weighted by atomic mass is 10.2. The predicted octanol–water partition coefficient (Wildman–Crippen LogP) is 4.87. The Morgan fingerprint density at radius 2 is 1.83 bits per heavy atom. The fourth-order valence-electron chi connectivity index (χ4n) is 1.92. The first-order chi connectivity index (χ1) is 11.1. The molecule has 0 spiro atoms. The van der Waals surface area contributed by atoms with Crippen LogP contribution in [-0.4, -0.2) is 23.5 Å². The number of hydrogen-bond acceptors (Lipinski definition) is 3. The first-order valence-electron chi connectivity index (χ1n) is 7.47. The van der Waals surface area contributed by atoms with Crippen molar-refractivity contribution in [2.75, 3.05) is 12.3 Å². The third kappa shape index (κ3) is 6.90. The fraction of sp³-hybridized carbons (Fsp3) is 0.278. The lowest BCUT2D eigenvalue weighted by molar-refractivity contribution is -0.120. The lowest BCUT2D eigenvalue weighted by Crippen LogP contribution is -2.32. The van der Waals surface area contributed by atoms with Gasteiger partial charge < -0.3 is 5.32 Å². The minimum Gasteiger partial charge on any atom is -0.354 e.